The minimum atomic E-state index is -0.369. The van der Waals surface area contributed by atoms with Crippen LogP contribution in [0.3, 0.4) is 0 Å². The molecule has 1 atom stereocenters. The molecule has 1 aromatic carbocycles. The van der Waals surface area contributed by atoms with Gasteiger partial charge in [-0.3, -0.25) is 0 Å². The van der Waals surface area contributed by atoms with Gasteiger partial charge in [-0.2, -0.15) is 0 Å². The van der Waals surface area contributed by atoms with Gasteiger partial charge in [-0.05, 0) is 6.92 Å². The number of nitrogens with zero attached hydrogens (tertiary/aromatic N) is 1. The van der Waals surface area contributed by atoms with E-state index in [2.05, 4.69) is 6.58 Å². The van der Waals surface area contributed by atoms with Gasteiger partial charge in [0, 0.05) is 12.0 Å². The number of hydrogen-bond acceptors (Lipinski definition) is 0. The third-order valence-electron chi connectivity index (χ3n) is 2.80. The van der Waals surface area contributed by atoms with Crippen molar-refractivity contribution in [3.8, 4) is 0 Å². The van der Waals surface area contributed by atoms with Crippen molar-refractivity contribution in [3.63, 3.8) is 0 Å². The number of benzene rings is 1. The molecular weight excluding hydrogens is 264 g/mol. The monoisotopic (exact) mass is 279 g/mol. The lowest BCUT2D eigenvalue weighted by Gasteiger charge is -2.35. The highest BCUT2D eigenvalue weighted by atomic mass is 35.5. The van der Waals surface area contributed by atoms with Gasteiger partial charge in [0.05, 0.1) is 0 Å². The van der Waals surface area contributed by atoms with Crippen LogP contribution < -0.4 is 12.4 Å². The van der Waals surface area contributed by atoms with Crippen LogP contribution in [0.1, 0.15) is 18.9 Å². The van der Waals surface area contributed by atoms with E-state index in [-0.39, 0.29) is 21.5 Å². The molecule has 0 N–H and O–H groups in total. The topological polar surface area (TPSA) is 0 Å². The maximum absolute atomic E-state index is 6.21. The second-order valence-corrected chi connectivity index (χ2v) is 5.45. The van der Waals surface area contributed by atoms with Crippen LogP contribution in [-0.4, -0.2) is 10.6 Å². The molecule has 4 heteroatoms. The summed E-state index contributed by atoms with van der Waals surface area (Å²) >= 11 is 12.4. The van der Waals surface area contributed by atoms with Crippen LogP contribution in [0.2, 0.25) is 0 Å². The van der Waals surface area contributed by atoms with Crippen LogP contribution >= 0.6 is 23.6 Å². The fraction of sp³-hybridized carbons (Fsp3) is 0.333. The molecule has 0 aliphatic carbocycles. The van der Waals surface area contributed by atoms with E-state index in [4.69, 9.17) is 23.6 Å². The highest BCUT2D eigenvalue weighted by Crippen LogP contribution is 2.41. The molecule has 1 rings (SSSR count). The summed E-state index contributed by atoms with van der Waals surface area (Å²) in [7, 11) is 1.76. The van der Waals surface area contributed by atoms with Crippen molar-refractivity contribution in [2.24, 2.45) is 0 Å². The molecule has 0 amide bonds. The number of quaternary nitrogens is 1. The summed E-state index contributed by atoms with van der Waals surface area (Å²) in [6.07, 6.45) is 2.56. The Morgan fingerprint density at radius 3 is 2.19 bits per heavy atom. The van der Waals surface area contributed by atoms with E-state index < -0.39 is 0 Å². The van der Waals surface area contributed by atoms with E-state index in [1.165, 1.54) is 0 Å². The first-order valence-electron chi connectivity index (χ1n) is 4.84. The highest BCUT2D eigenvalue weighted by molar-refractivity contribution is 6.23. The molecule has 0 aromatic heterocycles. The van der Waals surface area contributed by atoms with E-state index in [1.54, 1.807) is 7.05 Å². The first kappa shape index (κ1) is 15.8. The van der Waals surface area contributed by atoms with E-state index in [0.29, 0.717) is 0 Å². The second-order valence-electron chi connectivity index (χ2n) is 3.93. The van der Waals surface area contributed by atoms with Crippen molar-refractivity contribution in [3.05, 3.63) is 48.6 Å². The standard InChI is InChI=1S/C12H16Cl2N.ClH/c1-4-10-12(2,15(3,13)14)11-8-6-5-7-9-11;/h4-9H,1,10H2,2-3H3;1H/q+1;/p-1. The Balaban J connectivity index is 0.00000225. The quantitative estimate of drug-likeness (QED) is 0.575. The number of rotatable bonds is 4. The van der Waals surface area contributed by atoms with E-state index in [1.807, 2.05) is 43.3 Å². The van der Waals surface area contributed by atoms with Crippen molar-refractivity contribution in [1.29, 1.82) is 0 Å². The molecule has 0 saturated carbocycles. The zero-order chi connectivity index (χ0) is 11.5. The Kier molecular flexibility index (Phi) is 5.85. The van der Waals surface area contributed by atoms with Crippen LogP contribution in [0, 0.1) is 0 Å². The zero-order valence-corrected chi connectivity index (χ0v) is 11.7. The molecule has 1 aromatic rings. The van der Waals surface area contributed by atoms with Gasteiger partial charge in [-0.25, -0.2) is 0 Å². The SMILES string of the molecule is C=CCC(C)(c1ccccc1)[N+](C)(Cl)Cl.[Cl-]. The average Bonchev–Trinajstić information content (AvgIpc) is 2.18. The van der Waals surface area contributed by atoms with Gasteiger partial charge in [-0.1, -0.05) is 36.4 Å². The number of halogens is 3. The van der Waals surface area contributed by atoms with Crippen LogP contribution in [0.5, 0.6) is 0 Å². The van der Waals surface area contributed by atoms with Gasteiger partial charge in [0.25, 0.3) is 0 Å². The van der Waals surface area contributed by atoms with Gasteiger partial charge in [0.15, 0.2) is 29.1 Å². The molecule has 0 aliphatic rings. The predicted octanol–water partition coefficient (Wildman–Crippen LogP) is 1.24. The van der Waals surface area contributed by atoms with Crippen molar-refractivity contribution in [2.45, 2.75) is 18.9 Å². The average molecular weight is 281 g/mol. The van der Waals surface area contributed by atoms with E-state index in [0.717, 1.165) is 12.0 Å². The zero-order valence-electron chi connectivity index (χ0n) is 9.46. The van der Waals surface area contributed by atoms with Crippen molar-refractivity contribution < 1.29 is 15.9 Å². The molecule has 0 saturated heterocycles. The maximum Gasteiger partial charge on any atom is 0.187 e. The molecule has 1 unspecified atom stereocenters. The van der Waals surface area contributed by atoms with Crippen LogP contribution in [0.25, 0.3) is 0 Å². The summed E-state index contributed by atoms with van der Waals surface area (Å²) in [6.45, 7) is 5.79. The first-order valence-corrected chi connectivity index (χ1v) is 5.52. The molecule has 90 valence electrons. The lowest BCUT2D eigenvalue weighted by Crippen LogP contribution is -3.00. The Morgan fingerprint density at radius 1 is 1.31 bits per heavy atom. The summed E-state index contributed by atoms with van der Waals surface area (Å²) in [4.78, 5) is 0. The molecule has 0 radical (unpaired) electrons. The van der Waals surface area contributed by atoms with E-state index in [9.17, 15) is 0 Å². The van der Waals surface area contributed by atoms with Gasteiger partial charge in [0.1, 0.15) is 7.05 Å². The molecule has 0 aliphatic heterocycles. The molecule has 0 fully saturated rings. The minimum Gasteiger partial charge on any atom is -1.00 e. The molecule has 0 spiro atoms. The fourth-order valence-electron chi connectivity index (χ4n) is 1.58. The van der Waals surface area contributed by atoms with Gasteiger partial charge in [-0.15, -0.1) is 10.1 Å². The van der Waals surface area contributed by atoms with Crippen LogP contribution in [0.15, 0.2) is 43.0 Å². The molecule has 1 nitrogen and oxygen atoms in total. The van der Waals surface area contributed by atoms with E-state index >= 15 is 0 Å². The maximum atomic E-state index is 6.21. The second kappa shape index (κ2) is 5.92. The normalized spacial score (nSPS) is 14.8. The molecule has 0 bridgehead atoms. The summed E-state index contributed by atoms with van der Waals surface area (Å²) in [5.41, 5.74) is 0.740. The summed E-state index contributed by atoms with van der Waals surface area (Å²) in [6, 6.07) is 10.0. The summed E-state index contributed by atoms with van der Waals surface area (Å²) < 4.78 is -0.150. The smallest absolute Gasteiger partial charge is 0.187 e. The summed E-state index contributed by atoms with van der Waals surface area (Å²) in [5, 5.41) is 0. The lowest BCUT2D eigenvalue weighted by atomic mass is 9.89. The van der Waals surface area contributed by atoms with Crippen molar-refractivity contribution in [1.82, 2.24) is 0 Å². The van der Waals surface area contributed by atoms with Crippen molar-refractivity contribution >= 4 is 23.6 Å². The van der Waals surface area contributed by atoms with Gasteiger partial charge < -0.3 is 12.4 Å². The summed E-state index contributed by atoms with van der Waals surface area (Å²) in [5.74, 6) is 0. The molecule has 16 heavy (non-hydrogen) atoms. The Bertz CT molecular complexity index is 332. The first-order chi connectivity index (χ1) is 6.92. The Morgan fingerprint density at radius 2 is 1.81 bits per heavy atom. The van der Waals surface area contributed by atoms with Crippen LogP contribution in [-0.2, 0) is 5.54 Å². The van der Waals surface area contributed by atoms with Gasteiger partial charge >= 0.3 is 0 Å². The van der Waals surface area contributed by atoms with Crippen molar-refractivity contribution in [2.75, 3.05) is 7.05 Å². The molecular formula is C12H16Cl3N. The van der Waals surface area contributed by atoms with Gasteiger partial charge in [0.2, 0.25) is 0 Å². The Hall–Kier alpha value is -0.210. The molecule has 0 heterocycles. The lowest BCUT2D eigenvalue weighted by molar-refractivity contribution is -0.741. The largest absolute Gasteiger partial charge is 1.00 e. The Labute approximate surface area is 114 Å². The third kappa shape index (κ3) is 3.14. The highest BCUT2D eigenvalue weighted by Gasteiger charge is 2.44. The fourth-order valence-corrected chi connectivity index (χ4v) is 1.92. The third-order valence-corrected chi connectivity index (χ3v) is 3.55. The number of hydrogen-bond donors (Lipinski definition) is 0. The predicted molar refractivity (Wildman–Crippen MR) is 66.5 cm³/mol. The minimum absolute atomic E-state index is 0. The van der Waals surface area contributed by atoms with Crippen LogP contribution in [0.4, 0.5) is 0 Å².